The van der Waals surface area contributed by atoms with Gasteiger partial charge in [0.2, 0.25) is 0 Å². The van der Waals surface area contributed by atoms with Crippen molar-refractivity contribution in [1.29, 1.82) is 0 Å². The van der Waals surface area contributed by atoms with Crippen LogP contribution in [0.25, 0.3) is 21.8 Å². The molecule has 2 aromatic carbocycles. The second-order valence-corrected chi connectivity index (χ2v) is 5.00. The highest BCUT2D eigenvalue weighted by Gasteiger charge is 2.09. The van der Waals surface area contributed by atoms with E-state index in [1.54, 1.807) is 30.5 Å². The van der Waals surface area contributed by atoms with Gasteiger partial charge in [0.05, 0.1) is 17.2 Å². The van der Waals surface area contributed by atoms with Gasteiger partial charge in [-0.2, -0.15) is 10.2 Å². The molecular weight excluding hydrogens is 280 g/mol. The number of hydrogen-bond donors (Lipinski definition) is 4. The number of benzene rings is 2. The Bertz CT molecular complexity index is 1000. The molecule has 7 nitrogen and oxygen atoms in total. The molecule has 7 heteroatoms. The Balaban J connectivity index is 1.65. The van der Waals surface area contributed by atoms with Gasteiger partial charge in [-0.25, -0.2) is 0 Å². The van der Waals surface area contributed by atoms with Gasteiger partial charge < -0.3 is 11.1 Å². The fourth-order valence-electron chi connectivity index (χ4n) is 2.39. The molecule has 0 aliphatic heterocycles. The molecule has 0 atom stereocenters. The third-order valence-electron chi connectivity index (χ3n) is 3.55. The van der Waals surface area contributed by atoms with Crippen molar-refractivity contribution < 1.29 is 4.79 Å². The first-order valence-corrected chi connectivity index (χ1v) is 6.69. The molecule has 0 saturated heterocycles. The number of nitrogens with one attached hydrogen (secondary N) is 3. The van der Waals surface area contributed by atoms with E-state index in [0.29, 0.717) is 17.1 Å². The van der Waals surface area contributed by atoms with Crippen LogP contribution in [0, 0.1) is 0 Å². The fraction of sp³-hybridized carbons (Fsp3) is 0. The van der Waals surface area contributed by atoms with Crippen LogP contribution in [0.15, 0.2) is 42.6 Å². The van der Waals surface area contributed by atoms with Crippen LogP contribution in [-0.2, 0) is 0 Å². The molecule has 0 radical (unpaired) electrons. The molecule has 0 bridgehead atoms. The second-order valence-electron chi connectivity index (χ2n) is 5.00. The van der Waals surface area contributed by atoms with Crippen LogP contribution >= 0.6 is 0 Å². The molecule has 22 heavy (non-hydrogen) atoms. The molecule has 4 rings (SSSR count). The zero-order valence-electron chi connectivity index (χ0n) is 11.4. The molecule has 0 unspecified atom stereocenters. The van der Waals surface area contributed by atoms with Crippen molar-refractivity contribution in [1.82, 2.24) is 20.4 Å². The Morgan fingerprint density at radius 2 is 2.00 bits per heavy atom. The molecule has 108 valence electrons. The third-order valence-corrected chi connectivity index (χ3v) is 3.55. The summed E-state index contributed by atoms with van der Waals surface area (Å²) in [6.07, 6.45) is 1.71. The summed E-state index contributed by atoms with van der Waals surface area (Å²) in [5.41, 5.74) is 8.64. The maximum absolute atomic E-state index is 12.3. The molecule has 2 aromatic heterocycles. The lowest BCUT2D eigenvalue weighted by molar-refractivity contribution is 0.102. The first-order valence-electron chi connectivity index (χ1n) is 6.69. The number of carbonyl (C=O) groups is 1. The van der Waals surface area contributed by atoms with E-state index in [4.69, 9.17) is 5.73 Å². The topological polar surface area (TPSA) is 112 Å². The van der Waals surface area contributed by atoms with E-state index in [0.717, 1.165) is 21.8 Å². The predicted molar refractivity (Wildman–Crippen MR) is 84.6 cm³/mol. The normalized spacial score (nSPS) is 11.1. The van der Waals surface area contributed by atoms with Crippen molar-refractivity contribution in [3.8, 4) is 0 Å². The van der Waals surface area contributed by atoms with Crippen LogP contribution in [0.5, 0.6) is 0 Å². The molecular formula is C15H12N6O. The Labute approximate surface area is 124 Å². The monoisotopic (exact) mass is 292 g/mol. The lowest BCUT2D eigenvalue weighted by atomic mass is 10.1. The lowest BCUT2D eigenvalue weighted by Gasteiger charge is -2.05. The van der Waals surface area contributed by atoms with Gasteiger partial charge in [-0.15, -0.1) is 0 Å². The molecule has 2 heterocycles. The van der Waals surface area contributed by atoms with Gasteiger partial charge in [0, 0.05) is 22.0 Å². The van der Waals surface area contributed by atoms with E-state index >= 15 is 0 Å². The molecule has 0 saturated carbocycles. The molecule has 5 N–H and O–H groups in total. The number of nitrogen functional groups attached to an aromatic ring is 1. The van der Waals surface area contributed by atoms with Gasteiger partial charge in [0.15, 0.2) is 5.82 Å². The van der Waals surface area contributed by atoms with Crippen LogP contribution in [0.1, 0.15) is 10.4 Å². The smallest absolute Gasteiger partial charge is 0.255 e. The van der Waals surface area contributed by atoms with Crippen LogP contribution in [0.4, 0.5) is 11.5 Å². The summed E-state index contributed by atoms with van der Waals surface area (Å²) in [5, 5.41) is 18.1. The molecule has 4 aromatic rings. The van der Waals surface area contributed by atoms with Crippen LogP contribution in [-0.4, -0.2) is 26.3 Å². The highest BCUT2D eigenvalue weighted by atomic mass is 16.1. The van der Waals surface area contributed by atoms with Crippen LogP contribution in [0.3, 0.4) is 0 Å². The minimum atomic E-state index is -0.196. The minimum Gasteiger partial charge on any atom is -0.382 e. The highest BCUT2D eigenvalue weighted by molar-refractivity contribution is 6.07. The van der Waals surface area contributed by atoms with Crippen LogP contribution < -0.4 is 11.1 Å². The van der Waals surface area contributed by atoms with Crippen molar-refractivity contribution in [3.63, 3.8) is 0 Å². The van der Waals surface area contributed by atoms with E-state index in [-0.39, 0.29) is 5.91 Å². The van der Waals surface area contributed by atoms with E-state index < -0.39 is 0 Å². The molecule has 0 aliphatic carbocycles. The van der Waals surface area contributed by atoms with Crippen molar-refractivity contribution in [3.05, 3.63) is 48.2 Å². The molecule has 0 aliphatic rings. The van der Waals surface area contributed by atoms with Crippen molar-refractivity contribution in [2.24, 2.45) is 0 Å². The summed E-state index contributed by atoms with van der Waals surface area (Å²) in [6, 6.07) is 10.8. The zero-order valence-corrected chi connectivity index (χ0v) is 11.4. The number of hydrogen-bond acceptors (Lipinski definition) is 4. The standard InChI is InChI=1S/C15H12N6O/c16-14-11-6-10(3-4-12(11)20-21-14)18-15(22)8-1-2-9-7-17-19-13(9)5-8/h1-7H,(H,17,19)(H,18,22)(H3,16,20,21). The first kappa shape index (κ1) is 12.4. The number of nitrogens with two attached hydrogens (primary N) is 1. The Kier molecular flexibility index (Phi) is 2.59. The van der Waals surface area contributed by atoms with Crippen molar-refractivity contribution >= 4 is 39.2 Å². The molecule has 0 spiro atoms. The number of aromatic nitrogens is 4. The van der Waals surface area contributed by atoms with E-state index in [1.807, 2.05) is 12.1 Å². The Hall–Kier alpha value is -3.35. The second kappa shape index (κ2) is 4.59. The maximum Gasteiger partial charge on any atom is 0.255 e. The van der Waals surface area contributed by atoms with Gasteiger partial charge in [-0.3, -0.25) is 15.0 Å². The average Bonchev–Trinajstić information content (AvgIpc) is 3.13. The summed E-state index contributed by atoms with van der Waals surface area (Å²) in [4.78, 5) is 12.3. The van der Waals surface area contributed by atoms with Crippen LogP contribution in [0.2, 0.25) is 0 Å². The summed E-state index contributed by atoms with van der Waals surface area (Å²) in [5.74, 6) is 0.211. The van der Waals surface area contributed by atoms with Crippen molar-refractivity contribution in [2.75, 3.05) is 11.1 Å². The lowest BCUT2D eigenvalue weighted by Crippen LogP contribution is -2.11. The van der Waals surface area contributed by atoms with Gasteiger partial charge in [0.25, 0.3) is 5.91 Å². The first-order chi connectivity index (χ1) is 10.7. The van der Waals surface area contributed by atoms with Crippen molar-refractivity contribution in [2.45, 2.75) is 0 Å². The summed E-state index contributed by atoms with van der Waals surface area (Å²) in [6.45, 7) is 0. The average molecular weight is 292 g/mol. The van der Waals surface area contributed by atoms with E-state index in [2.05, 4.69) is 25.7 Å². The predicted octanol–water partition coefficient (Wildman–Crippen LogP) is 2.27. The largest absolute Gasteiger partial charge is 0.382 e. The summed E-state index contributed by atoms with van der Waals surface area (Å²) < 4.78 is 0. The molecule has 1 amide bonds. The number of anilines is 2. The fourth-order valence-corrected chi connectivity index (χ4v) is 2.39. The van der Waals surface area contributed by atoms with E-state index in [1.165, 1.54) is 0 Å². The number of fused-ring (bicyclic) bond motifs is 2. The number of aromatic amines is 2. The SMILES string of the molecule is Nc1n[nH]c2ccc(NC(=O)c3ccc4cn[nH]c4c3)cc12. The number of amides is 1. The number of carbonyl (C=O) groups excluding carboxylic acids is 1. The zero-order chi connectivity index (χ0) is 15.1. The Morgan fingerprint density at radius 3 is 2.91 bits per heavy atom. The number of rotatable bonds is 2. The summed E-state index contributed by atoms with van der Waals surface area (Å²) >= 11 is 0. The maximum atomic E-state index is 12.3. The summed E-state index contributed by atoms with van der Waals surface area (Å²) in [7, 11) is 0. The number of nitrogens with zero attached hydrogens (tertiary/aromatic N) is 2. The number of H-pyrrole nitrogens is 2. The van der Waals surface area contributed by atoms with Gasteiger partial charge in [0.1, 0.15) is 0 Å². The van der Waals surface area contributed by atoms with Gasteiger partial charge >= 0.3 is 0 Å². The Morgan fingerprint density at radius 1 is 1.09 bits per heavy atom. The van der Waals surface area contributed by atoms with Gasteiger partial charge in [-0.1, -0.05) is 6.07 Å². The van der Waals surface area contributed by atoms with Gasteiger partial charge in [-0.05, 0) is 30.3 Å². The third kappa shape index (κ3) is 1.96. The minimum absolute atomic E-state index is 0.196. The highest BCUT2D eigenvalue weighted by Crippen LogP contribution is 2.22. The quantitative estimate of drug-likeness (QED) is 0.454. The molecule has 0 fully saturated rings. The van der Waals surface area contributed by atoms with E-state index in [9.17, 15) is 4.79 Å².